The molecule has 0 aliphatic rings. The molecule has 0 atom stereocenters. The van der Waals surface area contributed by atoms with Crippen molar-refractivity contribution in [1.82, 2.24) is 4.57 Å². The van der Waals surface area contributed by atoms with E-state index in [4.69, 9.17) is 11.6 Å². The average Bonchev–Trinajstić information content (AvgIpc) is 3.30. The first kappa shape index (κ1) is 19.1. The van der Waals surface area contributed by atoms with E-state index in [1.807, 2.05) is 0 Å². The maximum Gasteiger partial charge on any atom is 0.226 e. The van der Waals surface area contributed by atoms with Gasteiger partial charge in [-0.3, -0.25) is 4.79 Å². The summed E-state index contributed by atoms with van der Waals surface area (Å²) in [6, 6.07) is 12.9. The van der Waals surface area contributed by atoms with Gasteiger partial charge in [-0.1, -0.05) is 17.7 Å². The van der Waals surface area contributed by atoms with Crippen LogP contribution in [-0.4, -0.2) is 18.8 Å². The minimum absolute atomic E-state index is 0.0990. The summed E-state index contributed by atoms with van der Waals surface area (Å²) in [6.45, 7) is 0. The van der Waals surface area contributed by atoms with Crippen molar-refractivity contribution >= 4 is 44.6 Å². The second kappa shape index (κ2) is 7.53. The van der Waals surface area contributed by atoms with E-state index in [9.17, 15) is 18.5 Å². The van der Waals surface area contributed by atoms with Gasteiger partial charge in [0.1, 0.15) is 10.3 Å². The quantitative estimate of drug-likeness (QED) is 0.458. The molecule has 0 radical (unpaired) electrons. The van der Waals surface area contributed by atoms with Gasteiger partial charge in [0.25, 0.3) is 0 Å². The van der Waals surface area contributed by atoms with E-state index in [2.05, 4.69) is 0 Å². The summed E-state index contributed by atoms with van der Waals surface area (Å²) in [7, 11) is -2.21. The Morgan fingerprint density at radius 1 is 1.22 bits per heavy atom. The Kier molecular flexibility index (Phi) is 5.33. The topological polar surface area (TPSA) is 79.9 Å². The molecule has 3 rings (SSSR count). The third kappa shape index (κ3) is 3.88. The Hall–Kier alpha value is -2.66. The maximum absolute atomic E-state index is 12.6. The summed E-state index contributed by atoms with van der Waals surface area (Å²) >= 11 is 6.89. The fraction of sp³-hybridized carbons (Fsp3) is 0.0526. The number of aromatic nitrogens is 1. The summed E-state index contributed by atoms with van der Waals surface area (Å²) in [6.07, 6.45) is 2.86. The van der Waals surface area contributed by atoms with Gasteiger partial charge in [0, 0.05) is 35.1 Å². The number of thiophene rings is 1. The van der Waals surface area contributed by atoms with E-state index in [1.165, 1.54) is 12.1 Å². The third-order valence-corrected chi connectivity index (χ3v) is 7.17. The van der Waals surface area contributed by atoms with E-state index in [-0.39, 0.29) is 14.9 Å². The van der Waals surface area contributed by atoms with Crippen LogP contribution in [0.15, 0.2) is 63.2 Å². The highest BCUT2D eigenvalue weighted by atomic mass is 35.5. The molecule has 1 aromatic carbocycles. The van der Waals surface area contributed by atoms with Gasteiger partial charge >= 0.3 is 0 Å². The number of carbonyl (C=O) groups excluding carboxylic acids is 1. The predicted molar refractivity (Wildman–Crippen MR) is 105 cm³/mol. The smallest absolute Gasteiger partial charge is 0.226 e. The van der Waals surface area contributed by atoms with Gasteiger partial charge in [0.05, 0.1) is 0 Å². The second-order valence-corrected chi connectivity index (χ2v) is 9.19. The van der Waals surface area contributed by atoms with Gasteiger partial charge in [0.15, 0.2) is 10.7 Å². The van der Waals surface area contributed by atoms with Gasteiger partial charge in [-0.15, -0.1) is 11.3 Å². The first-order chi connectivity index (χ1) is 12.8. The number of rotatable bonds is 5. The van der Waals surface area contributed by atoms with Crippen molar-refractivity contribution in [3.63, 3.8) is 0 Å². The van der Waals surface area contributed by atoms with Gasteiger partial charge in [-0.05, 0) is 47.9 Å². The maximum atomic E-state index is 12.6. The number of hydrogen-bond donors (Lipinski definition) is 0. The van der Waals surface area contributed by atoms with Crippen molar-refractivity contribution in [1.29, 1.82) is 5.26 Å². The molecule has 0 spiro atoms. The van der Waals surface area contributed by atoms with Crippen LogP contribution >= 0.6 is 22.9 Å². The van der Waals surface area contributed by atoms with E-state index >= 15 is 0 Å². The molecule has 0 aliphatic carbocycles. The highest BCUT2D eigenvalue weighted by Crippen LogP contribution is 2.25. The predicted octanol–water partition coefficient (Wildman–Crippen LogP) is 4.31. The summed E-state index contributed by atoms with van der Waals surface area (Å²) in [5.41, 5.74) is 1.29. The van der Waals surface area contributed by atoms with E-state index in [0.29, 0.717) is 21.8 Å². The largest absolute Gasteiger partial charge is 0.350 e. The fourth-order valence-electron chi connectivity index (χ4n) is 2.45. The van der Waals surface area contributed by atoms with E-state index in [1.54, 1.807) is 65.7 Å². The summed E-state index contributed by atoms with van der Waals surface area (Å²) < 4.78 is 26.8. The van der Waals surface area contributed by atoms with E-state index in [0.717, 1.165) is 11.3 Å². The number of benzene rings is 1. The molecule has 0 saturated carbocycles. The van der Waals surface area contributed by atoms with Crippen molar-refractivity contribution in [2.24, 2.45) is 7.05 Å². The van der Waals surface area contributed by atoms with Gasteiger partial charge in [0.2, 0.25) is 9.84 Å². The molecule has 0 N–H and O–H groups in total. The van der Waals surface area contributed by atoms with Gasteiger partial charge in [-0.2, -0.15) is 5.26 Å². The molecule has 0 fully saturated rings. The number of halogens is 1. The standard InChI is InChI=1S/C19H13ClN2O3S2/c1-22-12-14(19(23)13-4-6-15(20)7-5-13)9-16(22)10-17(11-21)27(24,25)18-3-2-8-26-18/h2-10,12H,1H3. The van der Waals surface area contributed by atoms with Crippen LogP contribution < -0.4 is 0 Å². The minimum Gasteiger partial charge on any atom is -0.350 e. The van der Waals surface area contributed by atoms with Crippen LogP contribution in [0.4, 0.5) is 0 Å². The molecule has 0 amide bonds. The highest BCUT2D eigenvalue weighted by Gasteiger charge is 2.22. The number of sulfone groups is 1. The molecule has 2 heterocycles. The SMILES string of the molecule is Cn1cc(C(=O)c2ccc(Cl)cc2)cc1C=C(C#N)S(=O)(=O)c1cccs1. The zero-order valence-electron chi connectivity index (χ0n) is 14.1. The number of aryl methyl sites for hydroxylation is 1. The lowest BCUT2D eigenvalue weighted by Crippen LogP contribution is -2.02. The van der Waals surface area contributed by atoms with Gasteiger partial charge in [-0.25, -0.2) is 8.42 Å². The van der Waals surface area contributed by atoms with Crippen molar-refractivity contribution < 1.29 is 13.2 Å². The minimum atomic E-state index is -3.89. The molecule has 3 aromatic rings. The van der Waals surface area contributed by atoms with Crippen molar-refractivity contribution in [2.75, 3.05) is 0 Å². The average molecular weight is 417 g/mol. The van der Waals surface area contributed by atoms with Gasteiger partial charge < -0.3 is 4.57 Å². The van der Waals surface area contributed by atoms with Crippen molar-refractivity contribution in [3.8, 4) is 6.07 Å². The molecular formula is C19H13ClN2O3S2. The number of carbonyl (C=O) groups is 1. The van der Waals surface area contributed by atoms with E-state index < -0.39 is 9.84 Å². The summed E-state index contributed by atoms with van der Waals surface area (Å²) in [5.74, 6) is -0.221. The Labute approximate surface area is 165 Å². The normalized spacial score (nSPS) is 12.0. The first-order valence-electron chi connectivity index (χ1n) is 7.70. The number of hydrogen-bond acceptors (Lipinski definition) is 5. The second-order valence-electron chi connectivity index (χ2n) is 5.66. The Morgan fingerprint density at radius 2 is 1.93 bits per heavy atom. The lowest BCUT2D eigenvalue weighted by atomic mass is 10.1. The van der Waals surface area contributed by atoms with Crippen LogP contribution in [0.2, 0.25) is 5.02 Å². The molecule has 8 heteroatoms. The summed E-state index contributed by atoms with van der Waals surface area (Å²) in [5, 5.41) is 11.5. The molecule has 0 saturated heterocycles. The molecule has 0 aliphatic heterocycles. The number of ketones is 1. The van der Waals surface area contributed by atoms with Crippen LogP contribution in [0, 0.1) is 11.3 Å². The molecule has 136 valence electrons. The lowest BCUT2D eigenvalue weighted by Gasteiger charge is -2.00. The van der Waals surface area contributed by atoms with Crippen LogP contribution in [0.25, 0.3) is 6.08 Å². The fourth-order valence-corrected chi connectivity index (χ4v) is 4.83. The Bertz CT molecular complexity index is 1170. The number of nitrogens with zero attached hydrogens (tertiary/aromatic N) is 2. The molecule has 5 nitrogen and oxygen atoms in total. The monoisotopic (exact) mass is 416 g/mol. The number of allylic oxidation sites excluding steroid dienone is 1. The van der Waals surface area contributed by atoms with Crippen LogP contribution in [0.1, 0.15) is 21.6 Å². The van der Waals surface area contributed by atoms with Crippen molar-refractivity contribution in [2.45, 2.75) is 4.21 Å². The lowest BCUT2D eigenvalue weighted by molar-refractivity contribution is 0.103. The molecule has 0 bridgehead atoms. The Morgan fingerprint density at radius 3 is 2.52 bits per heavy atom. The van der Waals surface area contributed by atoms with Crippen LogP contribution in [-0.2, 0) is 16.9 Å². The zero-order chi connectivity index (χ0) is 19.6. The molecule has 2 aromatic heterocycles. The molecular weight excluding hydrogens is 404 g/mol. The first-order valence-corrected chi connectivity index (χ1v) is 10.4. The summed E-state index contributed by atoms with van der Waals surface area (Å²) in [4.78, 5) is 12.2. The number of nitriles is 1. The van der Waals surface area contributed by atoms with Crippen LogP contribution in [0.3, 0.4) is 0 Å². The van der Waals surface area contributed by atoms with Crippen molar-refractivity contribution in [3.05, 3.63) is 80.8 Å². The molecule has 0 unspecified atom stereocenters. The van der Waals surface area contributed by atoms with Crippen LogP contribution in [0.5, 0.6) is 0 Å². The Balaban J connectivity index is 1.99. The zero-order valence-corrected chi connectivity index (χ0v) is 16.5. The third-order valence-electron chi connectivity index (χ3n) is 3.85. The molecule has 27 heavy (non-hydrogen) atoms. The highest BCUT2D eigenvalue weighted by molar-refractivity contribution is 7.97.